The molecule has 2 aliphatic rings. The Bertz CT molecular complexity index is 4320. The fraction of sp³-hybridized carbons (Fsp3) is 0.0612. The van der Waals surface area contributed by atoms with Crippen LogP contribution in [-0.4, -0.2) is 0 Å². The third-order valence-electron chi connectivity index (χ3n) is 8.11. The van der Waals surface area contributed by atoms with E-state index < -0.39 is 290 Å². The van der Waals surface area contributed by atoms with Crippen LogP contribution in [0.25, 0.3) is 33.0 Å². The first-order valence-corrected chi connectivity index (χ1v) is 15.0. The standard InChI is InChI=1S/C49H36N2O/c1-49(2)41-19-11-12-20-42(41)51-47-40-18-10-9-17-37(40)25-31-44(47)52-45-32-30-43(46(49)48(45)51)50(38-26-21-35(22-27-38)33-13-5-3-6-14-33)39-28-23-36(24-29-39)34-15-7-4-8-16-34/h3-32H,1-2H3/i1D3,2D3,3D,4D,5D,6D,7D,8D,9D,10D,11D,12D,13D,14D,15D,16D,17D,18D,19D,20D,21D,22D,23D,24D,25D,26D,27D,28D,29D,30D,31D,32D. The molecule has 0 atom stereocenters. The van der Waals surface area contributed by atoms with Gasteiger partial charge in [-0.2, -0.15) is 0 Å². The Morgan fingerprint density at radius 3 is 1.71 bits per heavy atom. The molecule has 0 N–H and O–H groups in total. The smallest absolute Gasteiger partial charge is 0.152 e. The molecule has 0 unspecified atom stereocenters. The van der Waals surface area contributed by atoms with Gasteiger partial charge in [0.2, 0.25) is 0 Å². The van der Waals surface area contributed by atoms with Gasteiger partial charge in [-0.1, -0.05) is 147 Å². The summed E-state index contributed by atoms with van der Waals surface area (Å²) < 4.78 is 336. The monoisotopic (exact) mass is 705 g/mol. The Kier molecular flexibility index (Phi) is 2.48. The minimum Gasteiger partial charge on any atom is -0.453 e. The SMILES string of the molecule is [2H]c1c([2H])c([2H])c(-c2c([2H])c([2H])c(N(c3c([2H])c([2H])c(-c4c([2H])c([2H])c([2H])c([2H])c4[2H])c([2H])c3[2H])c3c([2H])c([2H])c4c5c3C(C([2H])([2H])[2H])(C([2H])([2H])[2H])c3c([2H])c([2H])c([2H])c([2H])c3N5c3c(c([2H])c([2H])c5c([2H])c([2H])c([2H])c([2H])c35)O4)c([2H])c2[2H])c([2H])c1[2H]. The molecule has 3 heteroatoms. The van der Waals surface area contributed by atoms with Crippen LogP contribution >= 0.6 is 0 Å². The maximum absolute atomic E-state index is 10.1. The minimum atomic E-state index is -4.38. The highest BCUT2D eigenvalue weighted by atomic mass is 16.5. The van der Waals surface area contributed by atoms with Crippen molar-refractivity contribution in [2.24, 2.45) is 0 Å². The second-order valence-electron chi connectivity index (χ2n) is 11.0. The van der Waals surface area contributed by atoms with Gasteiger partial charge in [-0.25, -0.2) is 0 Å². The van der Waals surface area contributed by atoms with Gasteiger partial charge < -0.3 is 14.5 Å². The largest absolute Gasteiger partial charge is 0.453 e. The number of hydrogen-bond acceptors (Lipinski definition) is 3. The quantitative estimate of drug-likeness (QED) is 0.177. The third-order valence-corrected chi connectivity index (χ3v) is 8.11. The Labute approximate surface area is 355 Å². The number of ether oxygens (including phenoxy) is 1. The molecule has 8 aromatic rings. The van der Waals surface area contributed by atoms with E-state index >= 15 is 0 Å². The Balaban J connectivity index is 1.55. The van der Waals surface area contributed by atoms with Crippen molar-refractivity contribution < 1.29 is 54.1 Å². The van der Waals surface area contributed by atoms with Gasteiger partial charge in [0.15, 0.2) is 11.5 Å². The maximum atomic E-state index is 10.1. The maximum Gasteiger partial charge on any atom is 0.152 e. The van der Waals surface area contributed by atoms with Crippen molar-refractivity contribution in [3.63, 3.8) is 0 Å². The van der Waals surface area contributed by atoms with Crippen LogP contribution in [0.4, 0.5) is 34.1 Å². The molecule has 0 spiro atoms. The molecule has 0 saturated heterocycles. The highest BCUT2D eigenvalue weighted by molar-refractivity contribution is 6.07. The topological polar surface area (TPSA) is 15.7 Å². The number of nitrogens with zero attached hydrogens (tertiary/aromatic N) is 2. The Morgan fingerprint density at radius 2 is 1.06 bits per heavy atom. The Morgan fingerprint density at radius 1 is 0.519 bits per heavy atom. The van der Waals surface area contributed by atoms with Crippen molar-refractivity contribution in [1.82, 2.24) is 0 Å². The molecule has 2 aliphatic heterocycles. The lowest BCUT2D eigenvalue weighted by Crippen LogP contribution is -2.34. The fourth-order valence-electron chi connectivity index (χ4n) is 5.91. The van der Waals surface area contributed by atoms with Crippen LogP contribution in [-0.2, 0) is 5.41 Å². The number of anilines is 6. The summed E-state index contributed by atoms with van der Waals surface area (Å²) in [4.78, 5) is 0.595. The summed E-state index contributed by atoms with van der Waals surface area (Å²) >= 11 is 0. The molecule has 0 radical (unpaired) electrons. The zero-order valence-corrected chi connectivity index (χ0v) is 25.8. The van der Waals surface area contributed by atoms with Gasteiger partial charge >= 0.3 is 0 Å². The van der Waals surface area contributed by atoms with Crippen molar-refractivity contribution in [3.05, 3.63) is 192 Å². The van der Waals surface area contributed by atoms with E-state index in [-0.39, 0.29) is 4.90 Å². The first-order valence-electron chi connectivity index (χ1n) is 33.0. The summed E-state index contributed by atoms with van der Waals surface area (Å²) in [6.07, 6.45) is 0. The van der Waals surface area contributed by atoms with Gasteiger partial charge in [-0.15, -0.1) is 0 Å². The van der Waals surface area contributed by atoms with E-state index in [0.717, 1.165) is 0 Å². The average Bonchev–Trinajstić information content (AvgIpc) is 0.658. The Hall–Kier alpha value is -6.58. The first-order chi connectivity index (χ1) is 40.5. The van der Waals surface area contributed by atoms with Crippen molar-refractivity contribution in [3.8, 4) is 33.8 Å². The van der Waals surface area contributed by atoms with E-state index in [9.17, 15) is 27.4 Å². The van der Waals surface area contributed by atoms with E-state index in [2.05, 4.69) is 0 Å². The molecule has 0 amide bonds. The summed E-state index contributed by atoms with van der Waals surface area (Å²) in [5.41, 5.74) is -19.2. The first kappa shape index (κ1) is 11.0. The molecule has 2 heterocycles. The second kappa shape index (κ2) is 11.8. The molecular formula is C49H36N2O. The summed E-state index contributed by atoms with van der Waals surface area (Å²) in [6.45, 7) is -8.75. The predicted octanol–water partition coefficient (Wildman–Crippen LogP) is 13.9. The van der Waals surface area contributed by atoms with Crippen molar-refractivity contribution in [2.75, 3.05) is 9.80 Å². The molecule has 0 saturated carbocycles. The fourth-order valence-corrected chi connectivity index (χ4v) is 5.91. The van der Waals surface area contributed by atoms with Crippen LogP contribution in [0.1, 0.15) is 74.2 Å². The van der Waals surface area contributed by atoms with Gasteiger partial charge in [0.1, 0.15) is 0 Å². The molecule has 3 nitrogen and oxygen atoms in total. The number of hydrogen-bond donors (Lipinski definition) is 0. The summed E-state index contributed by atoms with van der Waals surface area (Å²) in [6, 6.07) is -36.8. The number of fused-ring (bicyclic) bond motifs is 6. The molecule has 8 aromatic carbocycles. The summed E-state index contributed by atoms with van der Waals surface area (Å²) in [5, 5.41) is -1.64. The average molecular weight is 705 g/mol. The highest BCUT2D eigenvalue weighted by Gasteiger charge is 2.44. The lowest BCUT2D eigenvalue weighted by molar-refractivity contribution is 0.472. The molecular weight excluding hydrogens is 633 g/mol. The second-order valence-corrected chi connectivity index (χ2v) is 11.0. The van der Waals surface area contributed by atoms with Gasteiger partial charge in [-0.3, -0.25) is 0 Å². The zero-order valence-electron chi connectivity index (χ0n) is 61.8. The number of benzene rings is 8. The van der Waals surface area contributed by atoms with Crippen LogP contribution in [0.2, 0.25) is 0 Å². The van der Waals surface area contributed by atoms with Crippen molar-refractivity contribution >= 4 is 44.9 Å². The van der Waals surface area contributed by atoms with Crippen LogP contribution in [0.3, 0.4) is 0 Å². The lowest BCUT2D eigenvalue weighted by Gasteiger charge is -2.47. The van der Waals surface area contributed by atoms with Gasteiger partial charge in [0.05, 0.1) is 63.9 Å². The van der Waals surface area contributed by atoms with E-state index in [1.165, 1.54) is 0 Å². The highest BCUT2D eigenvalue weighted by Crippen LogP contribution is 2.63. The molecule has 0 aliphatic carbocycles. The van der Waals surface area contributed by atoms with E-state index in [1.807, 2.05) is 0 Å². The third kappa shape index (κ3) is 4.66. The molecule has 0 aromatic heterocycles. The van der Waals surface area contributed by atoms with E-state index in [4.69, 9.17) is 26.7 Å². The predicted molar refractivity (Wildman–Crippen MR) is 216 cm³/mol. The zero-order chi connectivity index (χ0) is 65.9. The minimum absolute atomic E-state index is 0.0680. The van der Waals surface area contributed by atoms with Crippen LogP contribution in [0.5, 0.6) is 11.5 Å². The van der Waals surface area contributed by atoms with Gasteiger partial charge in [-0.05, 0) is 81.5 Å². The number of para-hydroxylation sites is 1. The van der Waals surface area contributed by atoms with Crippen LogP contribution in [0.15, 0.2) is 181 Å². The molecule has 248 valence electrons. The normalized spacial score (nSPS) is 23.7. The summed E-state index contributed by atoms with van der Waals surface area (Å²) in [5.74, 6) is -2.20. The summed E-state index contributed by atoms with van der Waals surface area (Å²) in [7, 11) is 0. The van der Waals surface area contributed by atoms with Crippen LogP contribution < -0.4 is 14.5 Å². The van der Waals surface area contributed by atoms with Crippen molar-refractivity contribution in [2.45, 2.75) is 19.1 Å². The van der Waals surface area contributed by atoms with Gasteiger partial charge in [0, 0.05) is 36.0 Å². The molecule has 0 fully saturated rings. The van der Waals surface area contributed by atoms with Crippen LogP contribution in [0, 0.1) is 0 Å². The molecule has 52 heavy (non-hydrogen) atoms. The van der Waals surface area contributed by atoms with E-state index in [1.54, 1.807) is 0 Å². The van der Waals surface area contributed by atoms with Gasteiger partial charge in [0.25, 0.3) is 0 Å². The van der Waals surface area contributed by atoms with E-state index in [0.29, 0.717) is 4.90 Å². The lowest BCUT2D eigenvalue weighted by atomic mass is 9.72. The molecule has 10 rings (SSSR count). The molecule has 0 bridgehead atoms. The number of rotatable bonds is 5. The van der Waals surface area contributed by atoms with Crippen molar-refractivity contribution in [1.29, 1.82) is 0 Å².